The number of benzene rings is 1. The van der Waals surface area contributed by atoms with E-state index in [4.69, 9.17) is 19.9 Å². The summed E-state index contributed by atoms with van der Waals surface area (Å²) >= 11 is 0. The summed E-state index contributed by atoms with van der Waals surface area (Å²) in [6.45, 7) is 5.10. The molecule has 0 unspecified atom stereocenters. The summed E-state index contributed by atoms with van der Waals surface area (Å²) in [7, 11) is 3.04. The molecule has 1 aromatic carbocycles. The number of carbonyl (C=O) groups is 1. The Bertz CT molecular complexity index is 1110. The lowest BCUT2D eigenvalue weighted by molar-refractivity contribution is -0.114. The van der Waals surface area contributed by atoms with Gasteiger partial charge in [-0.1, -0.05) is 26.3 Å². The van der Waals surface area contributed by atoms with Gasteiger partial charge in [-0.2, -0.15) is 0 Å². The number of nitrogens with one attached hydrogen (secondary N) is 1. The van der Waals surface area contributed by atoms with Crippen LogP contribution in [0.4, 0.5) is 11.5 Å². The Morgan fingerprint density at radius 3 is 2.56 bits per heavy atom. The summed E-state index contributed by atoms with van der Waals surface area (Å²) in [6.07, 6.45) is 5.52. The maximum atomic E-state index is 13.1. The zero-order valence-corrected chi connectivity index (χ0v) is 20.3. The fourth-order valence-electron chi connectivity index (χ4n) is 3.29. The zero-order valence-electron chi connectivity index (χ0n) is 20.3. The summed E-state index contributed by atoms with van der Waals surface area (Å²) in [5.74, 6) is 0.620. The number of unbranched alkanes of at least 4 members (excludes halogenated alkanes) is 1. The van der Waals surface area contributed by atoms with E-state index in [-0.39, 0.29) is 24.7 Å². The highest BCUT2D eigenvalue weighted by molar-refractivity contribution is 6.05. The molecule has 0 atom stereocenters. The van der Waals surface area contributed by atoms with E-state index in [1.54, 1.807) is 31.4 Å². The van der Waals surface area contributed by atoms with Crippen LogP contribution in [0, 0.1) is 0 Å². The molecule has 0 aliphatic carbocycles. The first-order valence-electron chi connectivity index (χ1n) is 11.3. The van der Waals surface area contributed by atoms with Gasteiger partial charge in [0.2, 0.25) is 0 Å². The number of nitrogens with zero attached hydrogens (tertiary/aromatic N) is 2. The molecule has 0 saturated heterocycles. The van der Waals surface area contributed by atoms with E-state index >= 15 is 0 Å². The molecule has 0 fully saturated rings. The second-order valence-corrected chi connectivity index (χ2v) is 7.57. The molecule has 3 N–H and O–H groups in total. The van der Waals surface area contributed by atoms with Crippen molar-refractivity contribution < 1.29 is 19.0 Å². The van der Waals surface area contributed by atoms with Gasteiger partial charge in [0, 0.05) is 26.3 Å². The third-order valence-corrected chi connectivity index (χ3v) is 5.08. The monoisotopic (exact) mass is 474 g/mol. The van der Waals surface area contributed by atoms with Crippen LogP contribution in [0.15, 0.2) is 33.9 Å². The summed E-state index contributed by atoms with van der Waals surface area (Å²) < 4.78 is 17.5. The molecule has 0 radical (unpaired) electrons. The second kappa shape index (κ2) is 13.2. The first-order valence-corrected chi connectivity index (χ1v) is 11.3. The number of anilines is 2. The molecule has 0 bridgehead atoms. The average Bonchev–Trinajstić information content (AvgIpc) is 2.82. The lowest BCUT2D eigenvalue weighted by Crippen LogP contribution is -2.42. The maximum absolute atomic E-state index is 13.1. The number of carbonyl (C=O) groups excluding carboxylic acids is 1. The van der Waals surface area contributed by atoms with Gasteiger partial charge >= 0.3 is 5.69 Å². The molecular weight excluding hydrogens is 440 g/mol. The van der Waals surface area contributed by atoms with Gasteiger partial charge in [0.25, 0.3) is 11.5 Å². The smallest absolute Gasteiger partial charge is 0.330 e. The summed E-state index contributed by atoms with van der Waals surface area (Å²) in [5, 5.41) is 0. The standard InChI is InChI=1S/C24H34N4O6/c1-5-7-14-34-18-10-8-17(16-19(18)33-4)9-11-20(29)27(13-15-32-3)21-22(25)28(12-6-2)24(31)26-23(21)30/h8-11,16H,5-7,12-15,25H2,1-4H3,(H,26,30,31)/b11-9+. The molecule has 34 heavy (non-hydrogen) atoms. The lowest BCUT2D eigenvalue weighted by Gasteiger charge is -2.23. The first-order chi connectivity index (χ1) is 16.4. The maximum Gasteiger partial charge on any atom is 0.330 e. The summed E-state index contributed by atoms with van der Waals surface area (Å²) in [5.41, 5.74) is 5.42. The Morgan fingerprint density at radius 2 is 1.91 bits per heavy atom. The van der Waals surface area contributed by atoms with Crippen LogP contribution in [0.5, 0.6) is 11.5 Å². The van der Waals surface area contributed by atoms with E-state index in [0.29, 0.717) is 36.6 Å². The van der Waals surface area contributed by atoms with Crippen LogP contribution >= 0.6 is 0 Å². The molecule has 0 saturated carbocycles. The van der Waals surface area contributed by atoms with Gasteiger partial charge in [0.1, 0.15) is 5.82 Å². The van der Waals surface area contributed by atoms with Crippen molar-refractivity contribution in [1.82, 2.24) is 9.55 Å². The highest BCUT2D eigenvalue weighted by atomic mass is 16.5. The van der Waals surface area contributed by atoms with Crippen LogP contribution in [-0.2, 0) is 16.1 Å². The number of ether oxygens (including phenoxy) is 3. The number of nitrogen functional groups attached to an aromatic ring is 1. The number of nitrogens with two attached hydrogens (primary N) is 1. The van der Waals surface area contributed by atoms with Gasteiger partial charge in [0.15, 0.2) is 17.2 Å². The fraction of sp³-hybridized carbons (Fsp3) is 0.458. The number of hydrogen-bond acceptors (Lipinski definition) is 7. The SMILES string of the molecule is CCCCOc1ccc(/C=C/C(=O)N(CCOC)c2c(N)n(CCC)c(=O)[nH]c2=O)cc1OC. The number of hydrogen-bond donors (Lipinski definition) is 2. The lowest BCUT2D eigenvalue weighted by atomic mass is 10.2. The molecule has 0 aliphatic rings. The van der Waals surface area contributed by atoms with Crippen LogP contribution in [0.3, 0.4) is 0 Å². The van der Waals surface area contributed by atoms with Gasteiger partial charge in [-0.05, 0) is 36.6 Å². The van der Waals surface area contributed by atoms with Crippen molar-refractivity contribution in [2.24, 2.45) is 0 Å². The van der Waals surface area contributed by atoms with Crippen LogP contribution in [-0.4, -0.2) is 49.4 Å². The Balaban J connectivity index is 2.36. The number of aromatic amines is 1. The van der Waals surface area contributed by atoms with Crippen molar-refractivity contribution in [1.29, 1.82) is 0 Å². The van der Waals surface area contributed by atoms with E-state index in [1.165, 1.54) is 22.7 Å². The number of aromatic nitrogens is 2. The normalized spacial score (nSPS) is 11.1. The van der Waals surface area contributed by atoms with Crippen LogP contribution in [0.25, 0.3) is 6.08 Å². The molecule has 2 aromatic rings. The fourth-order valence-corrected chi connectivity index (χ4v) is 3.29. The predicted octanol–water partition coefficient (Wildman–Crippen LogP) is 2.41. The number of H-pyrrole nitrogens is 1. The van der Waals surface area contributed by atoms with Crippen molar-refractivity contribution in [3.8, 4) is 11.5 Å². The third-order valence-electron chi connectivity index (χ3n) is 5.08. The molecular formula is C24H34N4O6. The number of methoxy groups -OCH3 is 2. The molecule has 1 aromatic heterocycles. The zero-order chi connectivity index (χ0) is 25.1. The van der Waals surface area contributed by atoms with Crippen molar-refractivity contribution in [3.05, 3.63) is 50.7 Å². The first kappa shape index (κ1) is 26.7. The molecule has 10 nitrogen and oxygen atoms in total. The average molecular weight is 475 g/mol. The van der Waals surface area contributed by atoms with E-state index in [2.05, 4.69) is 11.9 Å². The molecule has 0 spiro atoms. The van der Waals surface area contributed by atoms with Gasteiger partial charge in [-0.15, -0.1) is 0 Å². The Kier molecular flexibility index (Phi) is 10.4. The van der Waals surface area contributed by atoms with Gasteiger partial charge in [-0.3, -0.25) is 24.0 Å². The van der Waals surface area contributed by atoms with Gasteiger partial charge in [-0.25, -0.2) is 4.79 Å². The molecule has 0 aliphatic heterocycles. The van der Waals surface area contributed by atoms with E-state index < -0.39 is 17.2 Å². The van der Waals surface area contributed by atoms with Crippen LogP contribution in [0.1, 0.15) is 38.7 Å². The molecule has 1 amide bonds. The van der Waals surface area contributed by atoms with E-state index in [0.717, 1.165) is 12.8 Å². The third kappa shape index (κ3) is 6.74. The topological polar surface area (TPSA) is 129 Å². The predicted molar refractivity (Wildman–Crippen MR) is 133 cm³/mol. The minimum Gasteiger partial charge on any atom is -0.493 e. The molecule has 186 valence electrons. The van der Waals surface area contributed by atoms with E-state index in [9.17, 15) is 14.4 Å². The Hall–Kier alpha value is -3.53. The highest BCUT2D eigenvalue weighted by Crippen LogP contribution is 2.29. The highest BCUT2D eigenvalue weighted by Gasteiger charge is 2.22. The minimum atomic E-state index is -0.733. The van der Waals surface area contributed by atoms with Gasteiger partial charge < -0.3 is 19.9 Å². The Labute approximate surface area is 198 Å². The summed E-state index contributed by atoms with van der Waals surface area (Å²) in [6, 6.07) is 5.34. The van der Waals surface area contributed by atoms with Crippen molar-refractivity contribution in [2.45, 2.75) is 39.7 Å². The van der Waals surface area contributed by atoms with Crippen molar-refractivity contribution in [3.63, 3.8) is 0 Å². The van der Waals surface area contributed by atoms with Crippen LogP contribution < -0.4 is 31.4 Å². The largest absolute Gasteiger partial charge is 0.493 e. The van der Waals surface area contributed by atoms with Crippen LogP contribution in [0.2, 0.25) is 0 Å². The van der Waals surface area contributed by atoms with Gasteiger partial charge in [0.05, 0.1) is 20.3 Å². The molecule has 2 rings (SSSR count). The second-order valence-electron chi connectivity index (χ2n) is 7.57. The van der Waals surface area contributed by atoms with E-state index in [1.807, 2.05) is 6.92 Å². The Morgan fingerprint density at radius 1 is 1.15 bits per heavy atom. The molecule has 10 heteroatoms. The number of amides is 1. The summed E-state index contributed by atoms with van der Waals surface area (Å²) in [4.78, 5) is 41.3. The molecule has 1 heterocycles. The minimum absolute atomic E-state index is 0.0660. The number of rotatable bonds is 13. The quantitative estimate of drug-likeness (QED) is 0.337. The van der Waals surface area contributed by atoms with Crippen molar-refractivity contribution in [2.75, 3.05) is 44.6 Å². The van der Waals surface area contributed by atoms with Crippen molar-refractivity contribution >= 4 is 23.5 Å².